The molecular formula is C8H18N2. The monoisotopic (exact) mass is 142 g/mol. The molecule has 2 atom stereocenters. The summed E-state index contributed by atoms with van der Waals surface area (Å²) in [6, 6.07) is 0.411. The van der Waals surface area contributed by atoms with Crippen LogP contribution in [0.4, 0.5) is 0 Å². The Hall–Kier alpha value is -0.0800. The smallest absolute Gasteiger partial charge is 0.0194 e. The zero-order chi connectivity index (χ0) is 7.40. The molecule has 3 N–H and O–H groups in total. The van der Waals surface area contributed by atoms with E-state index in [2.05, 4.69) is 12.2 Å². The van der Waals surface area contributed by atoms with Gasteiger partial charge in [0.05, 0.1) is 0 Å². The van der Waals surface area contributed by atoms with Crippen molar-refractivity contribution in [3.8, 4) is 0 Å². The van der Waals surface area contributed by atoms with Gasteiger partial charge in [-0.1, -0.05) is 13.3 Å². The van der Waals surface area contributed by atoms with Gasteiger partial charge >= 0.3 is 0 Å². The van der Waals surface area contributed by atoms with Crippen LogP contribution in [0.25, 0.3) is 0 Å². The molecule has 0 spiro atoms. The SMILES string of the molecule is CCC[C@@H]1CCNC[C@@H]1N. The van der Waals surface area contributed by atoms with Crippen LogP contribution >= 0.6 is 0 Å². The van der Waals surface area contributed by atoms with Crippen molar-refractivity contribution in [2.45, 2.75) is 32.2 Å². The molecule has 0 amide bonds. The Kier molecular flexibility index (Phi) is 3.16. The second kappa shape index (κ2) is 3.94. The summed E-state index contributed by atoms with van der Waals surface area (Å²) in [5, 5.41) is 3.30. The average molecular weight is 142 g/mol. The first kappa shape index (κ1) is 8.02. The van der Waals surface area contributed by atoms with Crippen molar-refractivity contribution in [1.29, 1.82) is 0 Å². The number of hydrogen-bond acceptors (Lipinski definition) is 2. The molecule has 0 saturated carbocycles. The van der Waals surface area contributed by atoms with Crippen LogP contribution in [0, 0.1) is 5.92 Å². The molecular weight excluding hydrogens is 124 g/mol. The Balaban J connectivity index is 2.25. The minimum atomic E-state index is 0.411. The lowest BCUT2D eigenvalue weighted by Crippen LogP contribution is -2.45. The van der Waals surface area contributed by atoms with E-state index in [-0.39, 0.29) is 0 Å². The van der Waals surface area contributed by atoms with Gasteiger partial charge in [-0.15, -0.1) is 0 Å². The van der Waals surface area contributed by atoms with E-state index < -0.39 is 0 Å². The highest BCUT2D eigenvalue weighted by atomic mass is 14.9. The predicted molar refractivity (Wildman–Crippen MR) is 43.9 cm³/mol. The topological polar surface area (TPSA) is 38.0 Å². The van der Waals surface area contributed by atoms with E-state index in [1.54, 1.807) is 0 Å². The molecule has 0 aromatic rings. The molecule has 0 bridgehead atoms. The van der Waals surface area contributed by atoms with Gasteiger partial charge in [0, 0.05) is 12.6 Å². The molecule has 60 valence electrons. The summed E-state index contributed by atoms with van der Waals surface area (Å²) in [5.41, 5.74) is 5.90. The molecule has 0 aliphatic carbocycles. The van der Waals surface area contributed by atoms with E-state index in [4.69, 9.17) is 5.73 Å². The molecule has 0 radical (unpaired) electrons. The van der Waals surface area contributed by atoms with Crippen LogP contribution in [0.15, 0.2) is 0 Å². The second-order valence-corrected chi connectivity index (χ2v) is 3.21. The van der Waals surface area contributed by atoms with Crippen molar-refractivity contribution in [2.75, 3.05) is 13.1 Å². The number of hydrogen-bond donors (Lipinski definition) is 2. The summed E-state index contributed by atoms with van der Waals surface area (Å²) in [4.78, 5) is 0. The fraction of sp³-hybridized carbons (Fsp3) is 1.00. The summed E-state index contributed by atoms with van der Waals surface area (Å²) < 4.78 is 0. The van der Waals surface area contributed by atoms with Crippen molar-refractivity contribution in [1.82, 2.24) is 5.32 Å². The fourth-order valence-electron chi connectivity index (χ4n) is 1.67. The van der Waals surface area contributed by atoms with E-state index in [1.165, 1.54) is 25.8 Å². The van der Waals surface area contributed by atoms with Gasteiger partial charge < -0.3 is 11.1 Å². The van der Waals surface area contributed by atoms with E-state index >= 15 is 0 Å². The molecule has 1 aliphatic heterocycles. The summed E-state index contributed by atoms with van der Waals surface area (Å²) in [5.74, 6) is 0.784. The van der Waals surface area contributed by atoms with E-state index in [0.29, 0.717) is 6.04 Å². The van der Waals surface area contributed by atoms with Crippen LogP contribution in [0.5, 0.6) is 0 Å². The quantitative estimate of drug-likeness (QED) is 0.596. The number of rotatable bonds is 2. The normalized spacial score (nSPS) is 34.2. The maximum atomic E-state index is 5.90. The Morgan fingerprint density at radius 2 is 2.40 bits per heavy atom. The molecule has 1 fully saturated rings. The molecule has 1 aliphatic rings. The van der Waals surface area contributed by atoms with Crippen molar-refractivity contribution in [3.05, 3.63) is 0 Å². The van der Waals surface area contributed by atoms with Gasteiger partial charge in [0.2, 0.25) is 0 Å². The Bertz CT molecular complexity index is 91.3. The van der Waals surface area contributed by atoms with E-state index in [1.807, 2.05) is 0 Å². The molecule has 10 heavy (non-hydrogen) atoms. The molecule has 1 rings (SSSR count). The highest BCUT2D eigenvalue weighted by Gasteiger charge is 2.19. The van der Waals surface area contributed by atoms with Gasteiger partial charge in [0.25, 0.3) is 0 Å². The standard InChI is InChI=1S/C8H18N2/c1-2-3-7-4-5-10-6-8(7)9/h7-8,10H,2-6,9H2,1H3/t7-,8+/m1/s1. The van der Waals surface area contributed by atoms with Gasteiger partial charge in [0.15, 0.2) is 0 Å². The van der Waals surface area contributed by atoms with Crippen molar-refractivity contribution >= 4 is 0 Å². The summed E-state index contributed by atoms with van der Waals surface area (Å²) in [6.45, 7) is 4.41. The predicted octanol–water partition coefficient (Wildman–Crippen LogP) is 0.723. The number of piperidine rings is 1. The molecule has 1 heterocycles. The van der Waals surface area contributed by atoms with Crippen molar-refractivity contribution in [3.63, 3.8) is 0 Å². The second-order valence-electron chi connectivity index (χ2n) is 3.21. The first-order valence-corrected chi connectivity index (χ1v) is 4.31. The highest BCUT2D eigenvalue weighted by Crippen LogP contribution is 2.16. The fourth-order valence-corrected chi connectivity index (χ4v) is 1.67. The molecule has 0 aromatic carbocycles. The van der Waals surface area contributed by atoms with Crippen LogP contribution in [0.1, 0.15) is 26.2 Å². The maximum absolute atomic E-state index is 5.90. The lowest BCUT2D eigenvalue weighted by Gasteiger charge is -2.28. The average Bonchev–Trinajstić information content (AvgIpc) is 1.94. The highest BCUT2D eigenvalue weighted by molar-refractivity contribution is 4.79. The maximum Gasteiger partial charge on any atom is 0.0194 e. The summed E-state index contributed by atoms with van der Waals surface area (Å²) in [7, 11) is 0. The molecule has 2 nitrogen and oxygen atoms in total. The Morgan fingerprint density at radius 3 is 3.00 bits per heavy atom. The van der Waals surface area contributed by atoms with Crippen LogP contribution in [0.3, 0.4) is 0 Å². The molecule has 2 heteroatoms. The number of nitrogens with two attached hydrogens (primary N) is 1. The Morgan fingerprint density at radius 1 is 1.60 bits per heavy atom. The molecule has 0 aromatic heterocycles. The van der Waals surface area contributed by atoms with Crippen LogP contribution < -0.4 is 11.1 Å². The third-order valence-electron chi connectivity index (χ3n) is 2.34. The third kappa shape index (κ3) is 1.96. The lowest BCUT2D eigenvalue weighted by molar-refractivity contribution is 0.305. The first-order valence-electron chi connectivity index (χ1n) is 4.31. The van der Waals surface area contributed by atoms with Crippen LogP contribution in [-0.2, 0) is 0 Å². The zero-order valence-corrected chi connectivity index (χ0v) is 6.77. The largest absolute Gasteiger partial charge is 0.326 e. The van der Waals surface area contributed by atoms with Crippen molar-refractivity contribution in [2.24, 2.45) is 11.7 Å². The Labute approximate surface area is 63.2 Å². The zero-order valence-electron chi connectivity index (χ0n) is 6.77. The van der Waals surface area contributed by atoms with E-state index in [0.717, 1.165) is 12.5 Å². The van der Waals surface area contributed by atoms with Crippen LogP contribution in [0.2, 0.25) is 0 Å². The summed E-state index contributed by atoms with van der Waals surface area (Å²) >= 11 is 0. The van der Waals surface area contributed by atoms with E-state index in [9.17, 15) is 0 Å². The first-order chi connectivity index (χ1) is 4.84. The van der Waals surface area contributed by atoms with Crippen LogP contribution in [-0.4, -0.2) is 19.1 Å². The summed E-state index contributed by atoms with van der Waals surface area (Å²) in [6.07, 6.45) is 3.86. The molecule has 0 unspecified atom stereocenters. The minimum Gasteiger partial charge on any atom is -0.326 e. The van der Waals surface area contributed by atoms with Gasteiger partial charge in [-0.3, -0.25) is 0 Å². The third-order valence-corrected chi connectivity index (χ3v) is 2.34. The van der Waals surface area contributed by atoms with Crippen molar-refractivity contribution < 1.29 is 0 Å². The van der Waals surface area contributed by atoms with Gasteiger partial charge in [-0.05, 0) is 25.3 Å². The molecule has 1 saturated heterocycles. The number of nitrogens with one attached hydrogen (secondary N) is 1. The van der Waals surface area contributed by atoms with Gasteiger partial charge in [-0.2, -0.15) is 0 Å². The van der Waals surface area contributed by atoms with Gasteiger partial charge in [0.1, 0.15) is 0 Å². The minimum absolute atomic E-state index is 0.411. The van der Waals surface area contributed by atoms with Gasteiger partial charge in [-0.25, -0.2) is 0 Å². The lowest BCUT2D eigenvalue weighted by atomic mass is 9.89.